The number of piperidine rings is 1. The lowest BCUT2D eigenvalue weighted by Gasteiger charge is -2.35. The smallest absolute Gasteiger partial charge is 0.254 e. The van der Waals surface area contributed by atoms with Crippen molar-refractivity contribution in [1.29, 1.82) is 0 Å². The first-order valence-corrected chi connectivity index (χ1v) is 7.59. The minimum absolute atomic E-state index is 0. The summed E-state index contributed by atoms with van der Waals surface area (Å²) in [7, 11) is 0. The van der Waals surface area contributed by atoms with Gasteiger partial charge in [0.1, 0.15) is 0 Å². The first kappa shape index (κ1) is 17.5. The molecule has 3 nitrogen and oxygen atoms in total. The molecule has 0 aromatic heterocycles. The van der Waals surface area contributed by atoms with Crippen molar-refractivity contribution < 1.29 is 4.79 Å². The highest BCUT2D eigenvalue weighted by molar-refractivity contribution is 9.10. The van der Waals surface area contributed by atoms with E-state index in [0.29, 0.717) is 5.92 Å². The SMILES string of the molecule is Cc1cc(Br)ccc1C(=O)N1CCCC(C(C)N)C1.Cl. The molecule has 1 heterocycles. The lowest BCUT2D eigenvalue weighted by molar-refractivity contribution is 0.0660. The third-order valence-corrected chi connectivity index (χ3v) is 4.40. The lowest BCUT2D eigenvalue weighted by atomic mass is 9.91. The maximum absolute atomic E-state index is 12.6. The minimum atomic E-state index is 0. The van der Waals surface area contributed by atoms with Crippen LogP contribution in [0.4, 0.5) is 0 Å². The topological polar surface area (TPSA) is 46.3 Å². The fourth-order valence-corrected chi connectivity index (χ4v) is 3.14. The number of carbonyl (C=O) groups excluding carboxylic acids is 1. The number of aryl methyl sites for hydroxylation is 1. The second kappa shape index (κ2) is 7.43. The molecule has 2 rings (SSSR count). The summed E-state index contributed by atoms with van der Waals surface area (Å²) in [6, 6.07) is 5.96. The Hall–Kier alpha value is -0.580. The zero-order valence-electron chi connectivity index (χ0n) is 11.9. The number of benzene rings is 1. The van der Waals surface area contributed by atoms with Crippen LogP contribution in [-0.4, -0.2) is 29.9 Å². The van der Waals surface area contributed by atoms with Gasteiger partial charge in [0, 0.05) is 29.2 Å². The van der Waals surface area contributed by atoms with E-state index in [1.54, 1.807) is 0 Å². The van der Waals surface area contributed by atoms with E-state index in [1.807, 2.05) is 36.9 Å². The van der Waals surface area contributed by atoms with E-state index in [0.717, 1.165) is 41.5 Å². The van der Waals surface area contributed by atoms with Gasteiger partial charge in [-0.3, -0.25) is 4.79 Å². The van der Waals surface area contributed by atoms with Gasteiger partial charge in [-0.1, -0.05) is 15.9 Å². The van der Waals surface area contributed by atoms with Crippen LogP contribution >= 0.6 is 28.3 Å². The number of hydrogen-bond donors (Lipinski definition) is 1. The molecule has 5 heteroatoms. The molecule has 0 aliphatic carbocycles. The molecule has 1 aromatic rings. The Morgan fingerprint density at radius 3 is 2.80 bits per heavy atom. The van der Waals surface area contributed by atoms with E-state index in [4.69, 9.17) is 5.73 Å². The van der Waals surface area contributed by atoms with E-state index < -0.39 is 0 Å². The maximum Gasteiger partial charge on any atom is 0.254 e. The highest BCUT2D eigenvalue weighted by Gasteiger charge is 2.26. The maximum atomic E-state index is 12.6. The van der Waals surface area contributed by atoms with Gasteiger partial charge in [0.25, 0.3) is 5.91 Å². The van der Waals surface area contributed by atoms with Crippen LogP contribution in [0.15, 0.2) is 22.7 Å². The van der Waals surface area contributed by atoms with Gasteiger partial charge in [-0.05, 0) is 56.4 Å². The first-order valence-electron chi connectivity index (χ1n) is 6.80. The van der Waals surface area contributed by atoms with Crippen LogP contribution in [0.5, 0.6) is 0 Å². The number of likely N-dealkylation sites (tertiary alicyclic amines) is 1. The van der Waals surface area contributed by atoms with Crippen LogP contribution in [0.3, 0.4) is 0 Å². The molecule has 0 radical (unpaired) electrons. The van der Waals surface area contributed by atoms with Crippen LogP contribution in [0, 0.1) is 12.8 Å². The van der Waals surface area contributed by atoms with Crippen molar-refractivity contribution in [2.75, 3.05) is 13.1 Å². The summed E-state index contributed by atoms with van der Waals surface area (Å²) in [6.45, 7) is 5.64. The van der Waals surface area contributed by atoms with Crippen LogP contribution in [0.25, 0.3) is 0 Å². The highest BCUT2D eigenvalue weighted by Crippen LogP contribution is 2.23. The van der Waals surface area contributed by atoms with Crippen molar-refractivity contribution in [1.82, 2.24) is 4.90 Å². The first-order chi connectivity index (χ1) is 8.99. The standard InChI is InChI=1S/C15H21BrN2O.ClH/c1-10-8-13(16)5-6-14(10)15(19)18-7-3-4-12(9-18)11(2)17;/h5-6,8,11-12H,3-4,7,9,17H2,1-2H3;1H. The zero-order chi connectivity index (χ0) is 14.0. The lowest BCUT2D eigenvalue weighted by Crippen LogP contribution is -2.45. The fraction of sp³-hybridized carbons (Fsp3) is 0.533. The van der Waals surface area contributed by atoms with Gasteiger partial charge in [-0.2, -0.15) is 0 Å². The second-order valence-corrected chi connectivity index (χ2v) is 6.39. The third kappa shape index (κ3) is 3.96. The van der Waals surface area contributed by atoms with Crippen molar-refractivity contribution in [2.45, 2.75) is 32.7 Å². The molecule has 20 heavy (non-hydrogen) atoms. The van der Waals surface area contributed by atoms with Crippen molar-refractivity contribution in [2.24, 2.45) is 11.7 Å². The Morgan fingerprint density at radius 1 is 1.50 bits per heavy atom. The summed E-state index contributed by atoms with van der Waals surface area (Å²) in [4.78, 5) is 14.5. The number of rotatable bonds is 2. The van der Waals surface area contributed by atoms with Crippen LogP contribution < -0.4 is 5.73 Å². The summed E-state index contributed by atoms with van der Waals surface area (Å²) < 4.78 is 1.01. The van der Waals surface area contributed by atoms with Gasteiger partial charge in [0.2, 0.25) is 0 Å². The van der Waals surface area contributed by atoms with E-state index in [2.05, 4.69) is 15.9 Å². The van der Waals surface area contributed by atoms with E-state index in [1.165, 1.54) is 0 Å². The summed E-state index contributed by atoms with van der Waals surface area (Å²) in [6.07, 6.45) is 2.17. The highest BCUT2D eigenvalue weighted by atomic mass is 79.9. The molecule has 112 valence electrons. The summed E-state index contributed by atoms with van der Waals surface area (Å²) in [5.41, 5.74) is 7.79. The van der Waals surface area contributed by atoms with Gasteiger partial charge in [0.05, 0.1) is 0 Å². The van der Waals surface area contributed by atoms with Crippen LogP contribution in [0.2, 0.25) is 0 Å². The van der Waals surface area contributed by atoms with E-state index in [-0.39, 0.29) is 24.4 Å². The van der Waals surface area contributed by atoms with Crippen LogP contribution in [0.1, 0.15) is 35.7 Å². The zero-order valence-corrected chi connectivity index (χ0v) is 14.3. The molecule has 2 atom stereocenters. The fourth-order valence-electron chi connectivity index (χ4n) is 2.66. The molecule has 2 N–H and O–H groups in total. The van der Waals surface area contributed by atoms with Crippen molar-refractivity contribution in [3.05, 3.63) is 33.8 Å². The molecule has 1 aromatic carbocycles. The van der Waals surface area contributed by atoms with Gasteiger partial charge >= 0.3 is 0 Å². The largest absolute Gasteiger partial charge is 0.338 e. The average Bonchev–Trinajstić information content (AvgIpc) is 2.38. The summed E-state index contributed by atoms with van der Waals surface area (Å²) in [5.74, 6) is 0.559. The predicted molar refractivity (Wildman–Crippen MR) is 88.4 cm³/mol. The molecule has 1 saturated heterocycles. The van der Waals surface area contributed by atoms with Gasteiger partial charge in [-0.25, -0.2) is 0 Å². The van der Waals surface area contributed by atoms with E-state index >= 15 is 0 Å². The number of amides is 1. The Labute approximate surface area is 135 Å². The predicted octanol–water partition coefficient (Wildman–Crippen LogP) is 3.38. The Bertz CT molecular complexity index is 479. The van der Waals surface area contributed by atoms with E-state index in [9.17, 15) is 4.79 Å². The van der Waals surface area contributed by atoms with Gasteiger partial charge in [0.15, 0.2) is 0 Å². The molecule has 2 unspecified atom stereocenters. The molecule has 1 amide bonds. The molecular weight excluding hydrogens is 340 g/mol. The number of nitrogens with zero attached hydrogens (tertiary/aromatic N) is 1. The Kier molecular flexibility index (Phi) is 6.49. The molecule has 1 aliphatic heterocycles. The molecule has 0 spiro atoms. The summed E-state index contributed by atoms with van der Waals surface area (Å²) >= 11 is 3.43. The normalized spacial score (nSPS) is 20.2. The van der Waals surface area contributed by atoms with Crippen molar-refractivity contribution in [3.63, 3.8) is 0 Å². The molecular formula is C15H22BrClN2O. The molecule has 1 aliphatic rings. The Morgan fingerprint density at radius 2 is 2.20 bits per heavy atom. The van der Waals surface area contributed by atoms with Gasteiger partial charge in [-0.15, -0.1) is 12.4 Å². The van der Waals surface area contributed by atoms with Gasteiger partial charge < -0.3 is 10.6 Å². The van der Waals surface area contributed by atoms with Crippen molar-refractivity contribution in [3.8, 4) is 0 Å². The van der Waals surface area contributed by atoms with Crippen molar-refractivity contribution >= 4 is 34.2 Å². The second-order valence-electron chi connectivity index (χ2n) is 5.47. The minimum Gasteiger partial charge on any atom is -0.338 e. The summed E-state index contributed by atoms with van der Waals surface area (Å²) in [5, 5.41) is 0. The average molecular weight is 362 g/mol. The third-order valence-electron chi connectivity index (χ3n) is 3.91. The molecule has 0 saturated carbocycles. The monoisotopic (exact) mass is 360 g/mol. The number of halogens is 2. The number of carbonyl (C=O) groups is 1. The van der Waals surface area contributed by atoms with Crippen LogP contribution in [-0.2, 0) is 0 Å². The number of nitrogens with two attached hydrogens (primary N) is 1. The number of hydrogen-bond acceptors (Lipinski definition) is 2. The quantitative estimate of drug-likeness (QED) is 0.878. The Balaban J connectivity index is 0.00000200. The molecule has 0 bridgehead atoms. The molecule has 1 fully saturated rings.